The molecule has 0 amide bonds. The molecule has 4 nitrogen and oxygen atoms in total. The van der Waals surface area contributed by atoms with Gasteiger partial charge in [-0.25, -0.2) is 0 Å². The molecule has 4 rings (SSSR count). The van der Waals surface area contributed by atoms with E-state index in [4.69, 9.17) is 11.6 Å². The van der Waals surface area contributed by atoms with Gasteiger partial charge >= 0.3 is 0 Å². The molecule has 5 heteroatoms. The molecule has 0 bridgehead atoms. The predicted octanol–water partition coefficient (Wildman–Crippen LogP) is 3.47. The largest absolute Gasteiger partial charge is 0.321 e. The molecule has 1 aliphatic rings. The number of carbonyl (C=O) groups is 2. The lowest BCUT2D eigenvalue weighted by Crippen LogP contribution is -2.29. The average molecular weight is 336 g/mol. The van der Waals surface area contributed by atoms with Gasteiger partial charge in [-0.15, -0.1) is 0 Å². The number of aromatic amines is 1. The summed E-state index contributed by atoms with van der Waals surface area (Å²) in [6.45, 7) is 0. The third-order valence-electron chi connectivity index (χ3n) is 4.08. The minimum atomic E-state index is -0.565. The van der Waals surface area contributed by atoms with Crippen molar-refractivity contribution in [1.29, 1.82) is 0 Å². The first-order chi connectivity index (χ1) is 11.6. The number of pyridine rings is 1. The van der Waals surface area contributed by atoms with E-state index in [0.717, 1.165) is 0 Å². The second kappa shape index (κ2) is 5.28. The number of rotatable bonds is 1. The number of halogens is 1. The Balaban J connectivity index is 1.96. The highest BCUT2D eigenvalue weighted by Crippen LogP contribution is 2.28. The van der Waals surface area contributed by atoms with Gasteiger partial charge in [0.2, 0.25) is 0 Å². The zero-order valence-electron chi connectivity index (χ0n) is 12.3. The highest BCUT2D eigenvalue weighted by Gasteiger charge is 2.32. The second-order valence-electron chi connectivity index (χ2n) is 5.51. The number of nitrogens with one attached hydrogen (secondary N) is 1. The molecule has 0 atom stereocenters. The normalized spacial score (nSPS) is 12.7. The molecular formula is C19H10ClNO3. The molecule has 24 heavy (non-hydrogen) atoms. The Bertz CT molecular complexity index is 1060. The maximum atomic E-state index is 12.7. The molecule has 0 aliphatic heterocycles. The van der Waals surface area contributed by atoms with Gasteiger partial charge in [-0.2, -0.15) is 0 Å². The number of aromatic nitrogens is 1. The van der Waals surface area contributed by atoms with Crippen molar-refractivity contribution in [3.8, 4) is 11.3 Å². The van der Waals surface area contributed by atoms with Crippen molar-refractivity contribution in [1.82, 2.24) is 4.98 Å². The molecule has 0 spiro atoms. The Morgan fingerprint density at radius 3 is 2.04 bits per heavy atom. The molecule has 0 radical (unpaired) electrons. The molecule has 1 N–H and O–H groups in total. The Kier molecular flexibility index (Phi) is 3.22. The van der Waals surface area contributed by atoms with E-state index in [9.17, 15) is 14.4 Å². The first-order valence-electron chi connectivity index (χ1n) is 7.28. The van der Waals surface area contributed by atoms with Crippen LogP contribution < -0.4 is 5.56 Å². The van der Waals surface area contributed by atoms with Crippen LogP contribution in [0.5, 0.6) is 0 Å². The highest BCUT2D eigenvalue weighted by molar-refractivity contribution is 6.30. The summed E-state index contributed by atoms with van der Waals surface area (Å²) < 4.78 is 0. The van der Waals surface area contributed by atoms with E-state index in [0.29, 0.717) is 21.8 Å². The fraction of sp³-hybridized carbons (Fsp3) is 0. The van der Waals surface area contributed by atoms with Crippen molar-refractivity contribution in [2.75, 3.05) is 0 Å². The fourth-order valence-corrected chi connectivity index (χ4v) is 3.03. The summed E-state index contributed by atoms with van der Waals surface area (Å²) in [5.41, 5.74) is 1.23. The summed E-state index contributed by atoms with van der Waals surface area (Å²) in [6.07, 6.45) is 0. The van der Waals surface area contributed by atoms with Crippen LogP contribution in [-0.2, 0) is 0 Å². The van der Waals surface area contributed by atoms with E-state index >= 15 is 0 Å². The summed E-state index contributed by atoms with van der Waals surface area (Å²) in [5, 5.41) is 0.569. The van der Waals surface area contributed by atoms with Gasteiger partial charge in [0.05, 0.1) is 5.56 Å². The minimum Gasteiger partial charge on any atom is -0.321 e. The number of ketones is 2. The monoisotopic (exact) mass is 335 g/mol. The van der Waals surface area contributed by atoms with E-state index < -0.39 is 11.3 Å². The molecule has 0 unspecified atom stereocenters. The van der Waals surface area contributed by atoms with Crippen molar-refractivity contribution in [3.05, 3.63) is 92.2 Å². The summed E-state index contributed by atoms with van der Waals surface area (Å²) >= 11 is 5.87. The highest BCUT2D eigenvalue weighted by atomic mass is 35.5. The molecular weight excluding hydrogens is 326 g/mol. The van der Waals surface area contributed by atoms with Gasteiger partial charge < -0.3 is 4.98 Å². The second-order valence-corrected chi connectivity index (χ2v) is 5.95. The maximum absolute atomic E-state index is 12.7. The van der Waals surface area contributed by atoms with Crippen molar-refractivity contribution >= 4 is 23.2 Å². The molecule has 1 aromatic heterocycles. The van der Waals surface area contributed by atoms with Crippen LogP contribution in [0.3, 0.4) is 0 Å². The number of fused-ring (bicyclic) bond motifs is 2. The van der Waals surface area contributed by atoms with E-state index in [1.54, 1.807) is 54.6 Å². The Morgan fingerprint density at radius 1 is 0.750 bits per heavy atom. The molecule has 1 aliphatic carbocycles. The zero-order valence-corrected chi connectivity index (χ0v) is 13.1. The van der Waals surface area contributed by atoms with Gasteiger partial charge in [0, 0.05) is 27.4 Å². The standard InChI is InChI=1S/C19H10ClNO3/c20-11-7-5-10(6-8-11)15-9-14-16(19(24)21-15)18(23)13-4-2-1-3-12(13)17(14)22/h1-9H,(H,21,24). The van der Waals surface area contributed by atoms with Gasteiger partial charge in [0.15, 0.2) is 11.6 Å². The van der Waals surface area contributed by atoms with Crippen LogP contribution in [0.15, 0.2) is 59.4 Å². The third-order valence-corrected chi connectivity index (χ3v) is 4.33. The Morgan fingerprint density at radius 2 is 1.38 bits per heavy atom. The smallest absolute Gasteiger partial charge is 0.260 e. The van der Waals surface area contributed by atoms with Crippen LogP contribution in [0.1, 0.15) is 31.8 Å². The van der Waals surface area contributed by atoms with Crippen LogP contribution in [0, 0.1) is 0 Å². The zero-order chi connectivity index (χ0) is 16.8. The van der Waals surface area contributed by atoms with Crippen molar-refractivity contribution in [3.63, 3.8) is 0 Å². The van der Waals surface area contributed by atoms with Crippen LogP contribution >= 0.6 is 11.6 Å². The van der Waals surface area contributed by atoms with Gasteiger partial charge in [0.25, 0.3) is 5.56 Å². The van der Waals surface area contributed by atoms with Crippen molar-refractivity contribution in [2.45, 2.75) is 0 Å². The predicted molar refractivity (Wildman–Crippen MR) is 90.8 cm³/mol. The minimum absolute atomic E-state index is 0.101. The summed E-state index contributed by atoms with van der Waals surface area (Å²) in [5.74, 6) is -0.745. The van der Waals surface area contributed by atoms with Crippen molar-refractivity contribution < 1.29 is 9.59 Å². The third kappa shape index (κ3) is 2.12. The van der Waals surface area contributed by atoms with Crippen LogP contribution in [0.25, 0.3) is 11.3 Å². The SMILES string of the molecule is O=C1c2ccccc2C(=O)c2c1cc(-c1ccc(Cl)cc1)[nH]c2=O. The summed E-state index contributed by atoms with van der Waals surface area (Å²) in [7, 11) is 0. The maximum Gasteiger partial charge on any atom is 0.260 e. The number of H-pyrrole nitrogens is 1. The summed E-state index contributed by atoms with van der Waals surface area (Å²) in [4.78, 5) is 40.4. The molecule has 0 fully saturated rings. The Labute approximate surface area is 141 Å². The average Bonchev–Trinajstić information content (AvgIpc) is 2.60. The van der Waals surface area contributed by atoms with E-state index in [-0.39, 0.29) is 22.5 Å². The molecule has 3 aromatic rings. The van der Waals surface area contributed by atoms with Crippen LogP contribution in [0.4, 0.5) is 0 Å². The lowest BCUT2D eigenvalue weighted by Gasteiger charge is -2.17. The van der Waals surface area contributed by atoms with Crippen molar-refractivity contribution in [2.24, 2.45) is 0 Å². The molecule has 1 heterocycles. The molecule has 0 saturated carbocycles. The van der Waals surface area contributed by atoms with Gasteiger partial charge in [-0.3, -0.25) is 14.4 Å². The summed E-state index contributed by atoms with van der Waals surface area (Å²) in [6, 6.07) is 14.9. The number of hydrogen-bond donors (Lipinski definition) is 1. The number of carbonyl (C=O) groups excluding carboxylic acids is 2. The molecule has 2 aromatic carbocycles. The van der Waals surface area contributed by atoms with Gasteiger partial charge in [-0.1, -0.05) is 48.0 Å². The fourth-order valence-electron chi connectivity index (χ4n) is 2.91. The van der Waals surface area contributed by atoms with Gasteiger partial charge in [-0.05, 0) is 23.8 Å². The first-order valence-corrected chi connectivity index (χ1v) is 7.66. The lowest BCUT2D eigenvalue weighted by atomic mass is 9.84. The first kappa shape index (κ1) is 14.6. The van der Waals surface area contributed by atoms with E-state index in [1.165, 1.54) is 0 Å². The van der Waals surface area contributed by atoms with E-state index in [1.807, 2.05) is 0 Å². The number of hydrogen-bond acceptors (Lipinski definition) is 3. The van der Waals surface area contributed by atoms with Crippen LogP contribution in [-0.4, -0.2) is 16.6 Å². The lowest BCUT2D eigenvalue weighted by molar-refractivity contribution is 0.0978. The molecule has 116 valence electrons. The molecule has 0 saturated heterocycles. The Hall–Kier alpha value is -2.98. The number of benzene rings is 2. The van der Waals surface area contributed by atoms with Gasteiger partial charge in [0.1, 0.15) is 0 Å². The van der Waals surface area contributed by atoms with Crippen LogP contribution in [0.2, 0.25) is 5.02 Å². The topological polar surface area (TPSA) is 67.0 Å². The quantitative estimate of drug-likeness (QED) is 0.579. The van der Waals surface area contributed by atoms with E-state index in [2.05, 4.69) is 4.98 Å².